The summed E-state index contributed by atoms with van der Waals surface area (Å²) < 4.78 is 3.18. The first-order valence-corrected chi connectivity index (χ1v) is 6.48. The van der Waals surface area contributed by atoms with E-state index in [4.69, 9.17) is 5.26 Å². The molecule has 0 spiro atoms. The average Bonchev–Trinajstić information content (AvgIpc) is 2.79. The molecule has 3 aromatic rings. The maximum atomic E-state index is 12.4. The quantitative estimate of drug-likeness (QED) is 0.709. The van der Waals surface area contributed by atoms with Crippen molar-refractivity contribution in [2.45, 2.75) is 13.5 Å². The van der Waals surface area contributed by atoms with Gasteiger partial charge in [0.2, 0.25) is 0 Å². The van der Waals surface area contributed by atoms with Gasteiger partial charge in [-0.3, -0.25) is 14.0 Å². The number of nitriles is 1. The molecule has 0 N–H and O–H groups in total. The Kier molecular flexibility index (Phi) is 3.03. The molecule has 0 saturated heterocycles. The summed E-state index contributed by atoms with van der Waals surface area (Å²) in [5, 5.41) is 13.0. The summed E-state index contributed by atoms with van der Waals surface area (Å²) in [4.78, 5) is 16.7. The summed E-state index contributed by atoms with van der Waals surface area (Å²) in [6, 6.07) is 9.20. The van der Waals surface area contributed by atoms with Crippen molar-refractivity contribution >= 4 is 11.0 Å². The van der Waals surface area contributed by atoms with Crippen molar-refractivity contribution in [1.82, 2.24) is 19.3 Å². The van der Waals surface area contributed by atoms with Crippen LogP contribution in [0.4, 0.5) is 0 Å². The summed E-state index contributed by atoms with van der Waals surface area (Å²) in [5.74, 6) is 0. The molecule has 2 heterocycles. The number of rotatable bonds is 2. The Labute approximate surface area is 120 Å². The molecule has 0 fully saturated rings. The van der Waals surface area contributed by atoms with E-state index in [1.807, 2.05) is 19.1 Å². The normalized spacial score (nSPS) is 10.7. The smallest absolute Gasteiger partial charge is 0.282 e. The van der Waals surface area contributed by atoms with E-state index in [1.54, 1.807) is 23.9 Å². The highest BCUT2D eigenvalue weighted by Crippen LogP contribution is 2.10. The predicted molar refractivity (Wildman–Crippen MR) is 77.8 cm³/mol. The summed E-state index contributed by atoms with van der Waals surface area (Å²) in [6.45, 7) is 2.29. The van der Waals surface area contributed by atoms with Gasteiger partial charge in [-0.1, -0.05) is 12.1 Å². The summed E-state index contributed by atoms with van der Waals surface area (Å²) >= 11 is 0. The van der Waals surface area contributed by atoms with Gasteiger partial charge in [0, 0.05) is 7.05 Å². The van der Waals surface area contributed by atoms with E-state index in [2.05, 4.69) is 16.2 Å². The molecule has 0 atom stereocenters. The van der Waals surface area contributed by atoms with Gasteiger partial charge in [-0.05, 0) is 24.6 Å². The highest BCUT2D eigenvalue weighted by molar-refractivity contribution is 5.75. The zero-order valence-corrected chi connectivity index (χ0v) is 11.7. The van der Waals surface area contributed by atoms with Crippen LogP contribution in [-0.4, -0.2) is 19.3 Å². The van der Waals surface area contributed by atoms with Gasteiger partial charge in [0.05, 0.1) is 30.2 Å². The van der Waals surface area contributed by atoms with Crippen molar-refractivity contribution < 1.29 is 0 Å². The average molecular weight is 279 g/mol. The molecule has 0 aliphatic heterocycles. The Hall–Kier alpha value is -2.94. The second-order valence-corrected chi connectivity index (χ2v) is 4.89. The molecular weight excluding hydrogens is 266 g/mol. The zero-order chi connectivity index (χ0) is 15.0. The molecule has 0 amide bonds. The molecule has 1 aromatic carbocycles. The molecule has 21 heavy (non-hydrogen) atoms. The number of benzene rings is 1. The highest BCUT2D eigenvalue weighted by Gasteiger charge is 2.11. The molecule has 6 nitrogen and oxygen atoms in total. The molecule has 3 rings (SSSR count). The van der Waals surface area contributed by atoms with Crippen molar-refractivity contribution in [2.75, 3.05) is 0 Å². The molecule has 6 heteroatoms. The van der Waals surface area contributed by atoms with E-state index in [1.165, 1.54) is 10.9 Å². The fraction of sp³-hybridized carbons (Fsp3) is 0.200. The van der Waals surface area contributed by atoms with Crippen molar-refractivity contribution in [3.63, 3.8) is 0 Å². The minimum absolute atomic E-state index is 0.159. The van der Waals surface area contributed by atoms with Gasteiger partial charge < -0.3 is 0 Å². The monoisotopic (exact) mass is 279 g/mol. The molecule has 0 aliphatic rings. The van der Waals surface area contributed by atoms with Gasteiger partial charge in [0.1, 0.15) is 5.52 Å². The predicted octanol–water partition coefficient (Wildman–Crippen LogP) is 1.36. The third kappa shape index (κ3) is 2.19. The van der Waals surface area contributed by atoms with Crippen LogP contribution in [0.3, 0.4) is 0 Å². The lowest BCUT2D eigenvalue weighted by molar-refractivity contribution is 0.734. The number of hydrogen-bond donors (Lipinski definition) is 0. The largest absolute Gasteiger partial charge is 0.293 e. The van der Waals surface area contributed by atoms with Gasteiger partial charge in [-0.2, -0.15) is 10.4 Å². The van der Waals surface area contributed by atoms with Crippen LogP contribution in [-0.2, 0) is 13.6 Å². The maximum absolute atomic E-state index is 12.4. The van der Waals surface area contributed by atoms with Crippen LogP contribution in [0.15, 0.2) is 35.4 Å². The fourth-order valence-corrected chi connectivity index (χ4v) is 2.21. The Morgan fingerprint density at radius 3 is 2.62 bits per heavy atom. The SMILES string of the molecule is Cc1c2ncn(Cc3ccc(C#N)cc3)c(=O)c2nn1C. The minimum atomic E-state index is -0.159. The van der Waals surface area contributed by atoms with E-state index in [0.717, 1.165) is 11.3 Å². The second kappa shape index (κ2) is 4.87. The van der Waals surface area contributed by atoms with Crippen LogP contribution in [0.1, 0.15) is 16.8 Å². The molecule has 0 radical (unpaired) electrons. The molecule has 0 saturated carbocycles. The number of aromatic nitrogens is 4. The van der Waals surface area contributed by atoms with Crippen molar-refractivity contribution in [2.24, 2.45) is 7.05 Å². The standard InChI is InChI=1S/C15H13N5O/c1-10-13-14(18-19(10)2)15(21)20(9-17-13)8-12-5-3-11(7-16)4-6-12/h3-6,9H,8H2,1-2H3. The van der Waals surface area contributed by atoms with E-state index in [9.17, 15) is 4.79 Å². The van der Waals surface area contributed by atoms with E-state index in [0.29, 0.717) is 23.1 Å². The number of aryl methyl sites for hydroxylation is 2. The molecule has 0 aliphatic carbocycles. The van der Waals surface area contributed by atoms with E-state index in [-0.39, 0.29) is 5.56 Å². The Balaban J connectivity index is 2.03. The van der Waals surface area contributed by atoms with Crippen LogP contribution < -0.4 is 5.56 Å². The minimum Gasteiger partial charge on any atom is -0.293 e. The summed E-state index contributed by atoms with van der Waals surface area (Å²) in [6.07, 6.45) is 1.54. The Bertz CT molecular complexity index is 912. The van der Waals surface area contributed by atoms with Crippen LogP contribution in [0, 0.1) is 18.3 Å². The lowest BCUT2D eigenvalue weighted by Gasteiger charge is -2.05. The molecule has 104 valence electrons. The van der Waals surface area contributed by atoms with Crippen LogP contribution >= 0.6 is 0 Å². The van der Waals surface area contributed by atoms with Gasteiger partial charge in [-0.25, -0.2) is 4.98 Å². The first-order valence-electron chi connectivity index (χ1n) is 6.48. The van der Waals surface area contributed by atoms with Crippen molar-refractivity contribution in [3.8, 4) is 6.07 Å². The summed E-state index contributed by atoms with van der Waals surface area (Å²) in [5.41, 5.74) is 3.26. The Morgan fingerprint density at radius 2 is 1.95 bits per heavy atom. The third-order valence-corrected chi connectivity index (χ3v) is 3.53. The lowest BCUT2D eigenvalue weighted by Crippen LogP contribution is -2.21. The molecule has 0 unspecified atom stereocenters. The molecule has 2 aromatic heterocycles. The van der Waals surface area contributed by atoms with Gasteiger partial charge in [-0.15, -0.1) is 0 Å². The first kappa shape index (κ1) is 13.1. The number of fused-ring (bicyclic) bond motifs is 1. The Morgan fingerprint density at radius 1 is 1.24 bits per heavy atom. The van der Waals surface area contributed by atoms with Gasteiger partial charge in [0.25, 0.3) is 5.56 Å². The summed E-state index contributed by atoms with van der Waals surface area (Å²) in [7, 11) is 1.79. The third-order valence-electron chi connectivity index (χ3n) is 3.53. The van der Waals surface area contributed by atoms with E-state index >= 15 is 0 Å². The highest BCUT2D eigenvalue weighted by atomic mass is 16.1. The molecule has 0 bridgehead atoms. The fourth-order valence-electron chi connectivity index (χ4n) is 2.21. The number of nitrogens with zero attached hydrogens (tertiary/aromatic N) is 5. The van der Waals surface area contributed by atoms with Crippen molar-refractivity contribution in [1.29, 1.82) is 5.26 Å². The van der Waals surface area contributed by atoms with Gasteiger partial charge >= 0.3 is 0 Å². The zero-order valence-electron chi connectivity index (χ0n) is 11.7. The second-order valence-electron chi connectivity index (χ2n) is 4.89. The van der Waals surface area contributed by atoms with Crippen LogP contribution in [0.5, 0.6) is 0 Å². The van der Waals surface area contributed by atoms with Gasteiger partial charge in [0.15, 0.2) is 5.52 Å². The lowest BCUT2D eigenvalue weighted by atomic mass is 10.1. The molecular formula is C15H13N5O. The van der Waals surface area contributed by atoms with E-state index < -0.39 is 0 Å². The topological polar surface area (TPSA) is 76.5 Å². The first-order chi connectivity index (χ1) is 10.1. The maximum Gasteiger partial charge on any atom is 0.282 e. The number of hydrogen-bond acceptors (Lipinski definition) is 4. The van der Waals surface area contributed by atoms with Crippen LogP contribution in [0.2, 0.25) is 0 Å². The van der Waals surface area contributed by atoms with Crippen molar-refractivity contribution in [3.05, 3.63) is 57.8 Å². The van der Waals surface area contributed by atoms with Crippen LogP contribution in [0.25, 0.3) is 11.0 Å².